The highest BCUT2D eigenvalue weighted by molar-refractivity contribution is 5.82. The van der Waals surface area contributed by atoms with Crippen LogP contribution in [0.3, 0.4) is 0 Å². The zero-order valence-corrected chi connectivity index (χ0v) is 7.44. The van der Waals surface area contributed by atoms with Crippen LogP contribution in [-0.2, 0) is 4.79 Å². The number of hydrogen-bond acceptors (Lipinski definition) is 1. The Hall–Kier alpha value is -0.590. The first-order valence-electron chi connectivity index (χ1n) is 4.43. The number of hydrogen-bond donors (Lipinski definition) is 0. The van der Waals surface area contributed by atoms with Crippen LogP contribution in [0.15, 0.2) is 11.1 Å². The van der Waals surface area contributed by atoms with E-state index in [9.17, 15) is 4.79 Å². The third-order valence-corrected chi connectivity index (χ3v) is 2.32. The van der Waals surface area contributed by atoms with Gasteiger partial charge in [-0.15, -0.1) is 0 Å². The minimum atomic E-state index is 0.419. The molecule has 0 N–H and O–H groups in total. The molecule has 0 aliphatic heterocycles. The molecule has 0 spiro atoms. The third kappa shape index (κ3) is 2.18. The maximum Gasteiger partial charge on any atom is 0.137 e. The van der Waals surface area contributed by atoms with Crippen molar-refractivity contribution in [2.75, 3.05) is 0 Å². The van der Waals surface area contributed by atoms with Crippen LogP contribution in [-0.4, -0.2) is 5.78 Å². The van der Waals surface area contributed by atoms with Gasteiger partial charge in [0.05, 0.1) is 0 Å². The Morgan fingerprint density at radius 3 is 2.64 bits per heavy atom. The van der Waals surface area contributed by atoms with Crippen molar-refractivity contribution in [1.82, 2.24) is 0 Å². The van der Waals surface area contributed by atoms with E-state index in [-0.39, 0.29) is 0 Å². The van der Waals surface area contributed by atoms with Gasteiger partial charge >= 0.3 is 0 Å². The highest BCUT2D eigenvalue weighted by atomic mass is 16.1. The van der Waals surface area contributed by atoms with Crippen molar-refractivity contribution in [2.24, 2.45) is 0 Å². The van der Waals surface area contributed by atoms with Crippen molar-refractivity contribution in [3.05, 3.63) is 11.1 Å². The number of ketones is 1. The molecule has 1 nitrogen and oxygen atoms in total. The van der Waals surface area contributed by atoms with Gasteiger partial charge in [-0.25, -0.2) is 0 Å². The predicted molar refractivity (Wildman–Crippen MR) is 46.5 cm³/mol. The van der Waals surface area contributed by atoms with Crippen LogP contribution in [0, 0.1) is 0 Å². The maximum atomic E-state index is 11.0. The molecule has 1 heteroatoms. The molecule has 0 aromatic heterocycles. The van der Waals surface area contributed by atoms with Crippen LogP contribution in [0.25, 0.3) is 0 Å². The van der Waals surface area contributed by atoms with E-state index in [1.165, 1.54) is 24.0 Å². The van der Waals surface area contributed by atoms with Crippen molar-refractivity contribution >= 4 is 5.78 Å². The molecule has 0 unspecified atom stereocenters. The molecule has 0 aromatic rings. The lowest BCUT2D eigenvalue weighted by molar-refractivity contribution is -0.118. The molecular weight excluding hydrogens is 136 g/mol. The molecule has 0 amide bonds. The van der Waals surface area contributed by atoms with Gasteiger partial charge in [0, 0.05) is 12.8 Å². The SMILES string of the molecule is CCCC1=C(C)CC(=O)CC1. The smallest absolute Gasteiger partial charge is 0.137 e. The molecular formula is C10H16O. The van der Waals surface area contributed by atoms with Gasteiger partial charge < -0.3 is 0 Å². The average Bonchev–Trinajstić information content (AvgIpc) is 1.95. The Morgan fingerprint density at radius 2 is 2.09 bits per heavy atom. The zero-order chi connectivity index (χ0) is 8.27. The van der Waals surface area contributed by atoms with Gasteiger partial charge in [-0.05, 0) is 19.8 Å². The number of allylic oxidation sites excluding steroid dienone is 2. The second kappa shape index (κ2) is 3.70. The Labute approximate surface area is 68.5 Å². The van der Waals surface area contributed by atoms with Gasteiger partial charge in [0.25, 0.3) is 0 Å². The summed E-state index contributed by atoms with van der Waals surface area (Å²) in [5.74, 6) is 0.419. The lowest BCUT2D eigenvalue weighted by Gasteiger charge is -2.15. The normalized spacial score (nSPS) is 19.3. The van der Waals surface area contributed by atoms with E-state index in [1.807, 2.05) is 0 Å². The van der Waals surface area contributed by atoms with E-state index in [4.69, 9.17) is 0 Å². The summed E-state index contributed by atoms with van der Waals surface area (Å²) in [6.45, 7) is 4.29. The summed E-state index contributed by atoms with van der Waals surface area (Å²) in [5, 5.41) is 0. The summed E-state index contributed by atoms with van der Waals surface area (Å²) in [6.07, 6.45) is 4.93. The summed E-state index contributed by atoms with van der Waals surface area (Å²) in [4.78, 5) is 11.0. The molecule has 1 aliphatic carbocycles. The minimum Gasteiger partial charge on any atom is -0.299 e. The molecule has 62 valence electrons. The zero-order valence-electron chi connectivity index (χ0n) is 7.44. The van der Waals surface area contributed by atoms with Crippen molar-refractivity contribution in [3.63, 3.8) is 0 Å². The Balaban J connectivity index is 2.61. The molecule has 0 atom stereocenters. The Kier molecular flexibility index (Phi) is 2.86. The highest BCUT2D eigenvalue weighted by Gasteiger charge is 2.13. The molecule has 0 saturated heterocycles. The lowest BCUT2D eigenvalue weighted by Crippen LogP contribution is -2.07. The largest absolute Gasteiger partial charge is 0.299 e. The summed E-state index contributed by atoms with van der Waals surface area (Å²) in [7, 11) is 0. The van der Waals surface area contributed by atoms with Crippen LogP contribution in [0.4, 0.5) is 0 Å². The number of carbonyl (C=O) groups is 1. The molecule has 0 aromatic carbocycles. The van der Waals surface area contributed by atoms with Crippen LogP contribution >= 0.6 is 0 Å². The molecule has 1 rings (SSSR count). The first-order chi connectivity index (χ1) is 5.24. The second-order valence-corrected chi connectivity index (χ2v) is 3.35. The first-order valence-corrected chi connectivity index (χ1v) is 4.43. The van der Waals surface area contributed by atoms with Gasteiger partial charge in [-0.2, -0.15) is 0 Å². The molecule has 0 fully saturated rings. The van der Waals surface area contributed by atoms with Crippen LogP contribution in [0.5, 0.6) is 0 Å². The monoisotopic (exact) mass is 152 g/mol. The third-order valence-electron chi connectivity index (χ3n) is 2.32. The van der Waals surface area contributed by atoms with Crippen LogP contribution in [0.1, 0.15) is 46.0 Å². The summed E-state index contributed by atoms with van der Waals surface area (Å²) in [6, 6.07) is 0. The quantitative estimate of drug-likeness (QED) is 0.556. The molecule has 1 aliphatic rings. The molecule has 0 radical (unpaired) electrons. The second-order valence-electron chi connectivity index (χ2n) is 3.35. The predicted octanol–water partition coefficient (Wildman–Crippen LogP) is 2.86. The Morgan fingerprint density at radius 1 is 1.36 bits per heavy atom. The topological polar surface area (TPSA) is 17.1 Å². The van der Waals surface area contributed by atoms with E-state index < -0.39 is 0 Å². The van der Waals surface area contributed by atoms with E-state index in [0.717, 1.165) is 19.3 Å². The fraction of sp³-hybridized carbons (Fsp3) is 0.700. The van der Waals surface area contributed by atoms with Crippen molar-refractivity contribution in [3.8, 4) is 0 Å². The number of Topliss-reactive ketones (excluding diaryl/α,β-unsaturated/α-hetero) is 1. The minimum absolute atomic E-state index is 0.419. The first kappa shape index (κ1) is 8.51. The average molecular weight is 152 g/mol. The number of rotatable bonds is 2. The van der Waals surface area contributed by atoms with Crippen molar-refractivity contribution < 1.29 is 4.79 Å². The summed E-state index contributed by atoms with van der Waals surface area (Å²) >= 11 is 0. The fourth-order valence-corrected chi connectivity index (χ4v) is 1.65. The summed E-state index contributed by atoms with van der Waals surface area (Å²) in [5.41, 5.74) is 2.87. The van der Waals surface area contributed by atoms with E-state index in [2.05, 4.69) is 13.8 Å². The molecule has 0 bridgehead atoms. The van der Waals surface area contributed by atoms with Gasteiger partial charge in [0.1, 0.15) is 5.78 Å². The van der Waals surface area contributed by atoms with E-state index >= 15 is 0 Å². The van der Waals surface area contributed by atoms with Gasteiger partial charge in [-0.3, -0.25) is 4.79 Å². The van der Waals surface area contributed by atoms with Crippen molar-refractivity contribution in [1.29, 1.82) is 0 Å². The van der Waals surface area contributed by atoms with Crippen LogP contribution in [0.2, 0.25) is 0 Å². The van der Waals surface area contributed by atoms with Crippen LogP contribution < -0.4 is 0 Å². The van der Waals surface area contributed by atoms with Gasteiger partial charge in [-0.1, -0.05) is 24.5 Å². The van der Waals surface area contributed by atoms with Gasteiger partial charge in [0.15, 0.2) is 0 Å². The highest BCUT2D eigenvalue weighted by Crippen LogP contribution is 2.25. The maximum absolute atomic E-state index is 11.0. The molecule has 11 heavy (non-hydrogen) atoms. The summed E-state index contributed by atoms with van der Waals surface area (Å²) < 4.78 is 0. The van der Waals surface area contributed by atoms with Crippen molar-refractivity contribution in [2.45, 2.75) is 46.0 Å². The standard InChI is InChI=1S/C10H16O/c1-3-4-9-5-6-10(11)7-8(9)2/h3-7H2,1-2H3. The lowest BCUT2D eigenvalue weighted by atomic mass is 9.89. The molecule has 0 heterocycles. The number of carbonyl (C=O) groups excluding carboxylic acids is 1. The van der Waals surface area contributed by atoms with Gasteiger partial charge in [0.2, 0.25) is 0 Å². The Bertz CT molecular complexity index is 189. The fourth-order valence-electron chi connectivity index (χ4n) is 1.65. The van der Waals surface area contributed by atoms with E-state index in [1.54, 1.807) is 0 Å². The van der Waals surface area contributed by atoms with E-state index in [0.29, 0.717) is 5.78 Å². The molecule has 0 saturated carbocycles.